The standard InChI is InChI=1S/C13H20BrN3O2/c1-8(2)12-16-10(14)5-11(17-12)15-6-9-7-18-13(3,4)19-9/h5,8-9H,6-7H2,1-4H3,(H,15,16,17). The summed E-state index contributed by atoms with van der Waals surface area (Å²) in [6.07, 6.45) is 0.0474. The maximum Gasteiger partial charge on any atom is 0.163 e. The van der Waals surface area contributed by atoms with E-state index in [1.165, 1.54) is 0 Å². The Morgan fingerprint density at radius 3 is 2.79 bits per heavy atom. The van der Waals surface area contributed by atoms with E-state index in [0.717, 1.165) is 16.2 Å². The van der Waals surface area contributed by atoms with Crippen LogP contribution in [-0.4, -0.2) is 35.0 Å². The van der Waals surface area contributed by atoms with Gasteiger partial charge in [0.15, 0.2) is 5.79 Å². The smallest absolute Gasteiger partial charge is 0.163 e. The molecule has 0 saturated carbocycles. The minimum absolute atomic E-state index is 0.0474. The van der Waals surface area contributed by atoms with Crippen LogP contribution in [0.15, 0.2) is 10.7 Å². The summed E-state index contributed by atoms with van der Waals surface area (Å²) in [6, 6.07) is 1.87. The topological polar surface area (TPSA) is 56.3 Å². The zero-order valence-electron chi connectivity index (χ0n) is 11.7. The average Bonchev–Trinajstić information content (AvgIpc) is 2.65. The quantitative estimate of drug-likeness (QED) is 0.860. The fourth-order valence-electron chi connectivity index (χ4n) is 1.87. The van der Waals surface area contributed by atoms with Crippen LogP contribution in [0.3, 0.4) is 0 Å². The molecule has 0 spiro atoms. The van der Waals surface area contributed by atoms with E-state index in [1.807, 2.05) is 19.9 Å². The third-order valence-corrected chi connectivity index (χ3v) is 3.21. The maximum absolute atomic E-state index is 5.74. The number of nitrogens with one attached hydrogen (secondary N) is 1. The monoisotopic (exact) mass is 329 g/mol. The Hall–Kier alpha value is -0.720. The lowest BCUT2D eigenvalue weighted by Gasteiger charge is -2.17. The van der Waals surface area contributed by atoms with Crippen molar-refractivity contribution in [3.63, 3.8) is 0 Å². The van der Waals surface area contributed by atoms with Crippen LogP contribution in [0.25, 0.3) is 0 Å². The highest BCUT2D eigenvalue weighted by Crippen LogP contribution is 2.23. The number of aromatic nitrogens is 2. The maximum atomic E-state index is 5.74. The van der Waals surface area contributed by atoms with E-state index < -0.39 is 5.79 Å². The van der Waals surface area contributed by atoms with Crippen molar-refractivity contribution in [1.82, 2.24) is 9.97 Å². The van der Waals surface area contributed by atoms with Gasteiger partial charge in [0.1, 0.15) is 22.3 Å². The van der Waals surface area contributed by atoms with Crippen LogP contribution >= 0.6 is 15.9 Å². The molecule has 0 amide bonds. The van der Waals surface area contributed by atoms with Gasteiger partial charge in [-0.1, -0.05) is 13.8 Å². The van der Waals surface area contributed by atoms with E-state index in [0.29, 0.717) is 19.1 Å². The van der Waals surface area contributed by atoms with Crippen LogP contribution in [0.5, 0.6) is 0 Å². The molecule has 2 heterocycles. The molecule has 19 heavy (non-hydrogen) atoms. The SMILES string of the molecule is CC(C)c1nc(Br)cc(NCC2COC(C)(C)O2)n1. The van der Waals surface area contributed by atoms with Crippen molar-refractivity contribution in [1.29, 1.82) is 0 Å². The predicted octanol–water partition coefficient (Wildman–Crippen LogP) is 2.93. The molecule has 1 aromatic rings. The molecule has 0 aromatic carbocycles. The fraction of sp³-hybridized carbons (Fsp3) is 0.692. The molecule has 0 bridgehead atoms. The molecule has 0 aliphatic carbocycles. The van der Waals surface area contributed by atoms with Gasteiger partial charge in [0.2, 0.25) is 0 Å². The summed E-state index contributed by atoms with van der Waals surface area (Å²) in [6.45, 7) is 9.26. The zero-order chi connectivity index (χ0) is 14.0. The first kappa shape index (κ1) is 14.7. The Morgan fingerprint density at radius 2 is 2.21 bits per heavy atom. The van der Waals surface area contributed by atoms with Crippen molar-refractivity contribution >= 4 is 21.7 Å². The Morgan fingerprint density at radius 1 is 1.47 bits per heavy atom. The van der Waals surface area contributed by atoms with E-state index >= 15 is 0 Å². The number of hydrogen-bond acceptors (Lipinski definition) is 5. The van der Waals surface area contributed by atoms with Crippen LogP contribution in [0.1, 0.15) is 39.4 Å². The van der Waals surface area contributed by atoms with Crippen molar-refractivity contribution in [2.45, 2.75) is 45.5 Å². The first-order valence-corrected chi connectivity index (χ1v) is 7.25. The summed E-state index contributed by atoms with van der Waals surface area (Å²) in [5.41, 5.74) is 0. The molecular weight excluding hydrogens is 310 g/mol. The second-order valence-corrected chi connectivity index (χ2v) is 6.23. The number of hydrogen-bond donors (Lipinski definition) is 1. The Kier molecular flexibility index (Phi) is 4.43. The molecular formula is C13H20BrN3O2. The number of rotatable bonds is 4. The summed E-state index contributed by atoms with van der Waals surface area (Å²) in [5.74, 6) is 1.43. The van der Waals surface area contributed by atoms with Gasteiger partial charge in [0, 0.05) is 18.5 Å². The summed E-state index contributed by atoms with van der Waals surface area (Å²) < 4.78 is 12.1. The largest absolute Gasteiger partial charge is 0.367 e. The van der Waals surface area contributed by atoms with E-state index in [1.54, 1.807) is 0 Å². The molecule has 0 radical (unpaired) electrons. The molecule has 1 saturated heterocycles. The molecule has 5 nitrogen and oxygen atoms in total. The fourth-order valence-corrected chi connectivity index (χ4v) is 2.26. The van der Waals surface area contributed by atoms with Gasteiger partial charge in [-0.05, 0) is 29.8 Å². The summed E-state index contributed by atoms with van der Waals surface area (Å²) >= 11 is 3.41. The number of anilines is 1. The highest BCUT2D eigenvalue weighted by atomic mass is 79.9. The lowest BCUT2D eigenvalue weighted by atomic mass is 10.2. The minimum atomic E-state index is -0.484. The van der Waals surface area contributed by atoms with Crippen LogP contribution in [-0.2, 0) is 9.47 Å². The van der Waals surface area contributed by atoms with E-state index in [9.17, 15) is 0 Å². The van der Waals surface area contributed by atoms with Crippen molar-refractivity contribution in [2.24, 2.45) is 0 Å². The molecule has 1 aliphatic heterocycles. The third kappa shape index (κ3) is 4.12. The van der Waals surface area contributed by atoms with Crippen LogP contribution < -0.4 is 5.32 Å². The van der Waals surface area contributed by atoms with Gasteiger partial charge in [-0.2, -0.15) is 0 Å². The van der Waals surface area contributed by atoms with Crippen molar-refractivity contribution < 1.29 is 9.47 Å². The molecule has 1 N–H and O–H groups in total. The molecule has 6 heteroatoms. The van der Waals surface area contributed by atoms with E-state index in [-0.39, 0.29) is 6.10 Å². The summed E-state index contributed by atoms with van der Waals surface area (Å²) in [7, 11) is 0. The molecule has 1 aliphatic rings. The van der Waals surface area contributed by atoms with Gasteiger partial charge in [-0.3, -0.25) is 0 Å². The molecule has 106 valence electrons. The van der Waals surface area contributed by atoms with Crippen LogP contribution in [0, 0.1) is 0 Å². The lowest BCUT2D eigenvalue weighted by molar-refractivity contribution is -0.136. The minimum Gasteiger partial charge on any atom is -0.367 e. The summed E-state index contributed by atoms with van der Waals surface area (Å²) in [5, 5.41) is 3.27. The van der Waals surface area contributed by atoms with Gasteiger partial charge in [0.25, 0.3) is 0 Å². The van der Waals surface area contributed by atoms with Gasteiger partial charge in [-0.25, -0.2) is 9.97 Å². The van der Waals surface area contributed by atoms with Gasteiger partial charge < -0.3 is 14.8 Å². The average molecular weight is 330 g/mol. The predicted molar refractivity (Wildman–Crippen MR) is 77.2 cm³/mol. The van der Waals surface area contributed by atoms with E-state index in [4.69, 9.17) is 9.47 Å². The molecule has 1 aromatic heterocycles. The Balaban J connectivity index is 1.96. The van der Waals surface area contributed by atoms with Crippen LogP contribution in [0.4, 0.5) is 5.82 Å². The van der Waals surface area contributed by atoms with E-state index in [2.05, 4.69) is 45.1 Å². The zero-order valence-corrected chi connectivity index (χ0v) is 13.3. The van der Waals surface area contributed by atoms with Gasteiger partial charge in [-0.15, -0.1) is 0 Å². The van der Waals surface area contributed by atoms with Crippen molar-refractivity contribution in [3.8, 4) is 0 Å². The molecule has 1 atom stereocenters. The highest BCUT2D eigenvalue weighted by Gasteiger charge is 2.32. The number of ether oxygens (including phenoxy) is 2. The molecule has 1 fully saturated rings. The van der Waals surface area contributed by atoms with Crippen LogP contribution in [0.2, 0.25) is 0 Å². The first-order valence-electron chi connectivity index (χ1n) is 6.46. The Labute approximate surface area is 122 Å². The number of halogens is 1. The lowest BCUT2D eigenvalue weighted by Crippen LogP contribution is -2.26. The Bertz CT molecular complexity index is 452. The van der Waals surface area contributed by atoms with Gasteiger partial charge >= 0.3 is 0 Å². The van der Waals surface area contributed by atoms with Crippen molar-refractivity contribution in [3.05, 3.63) is 16.5 Å². The first-order chi connectivity index (χ1) is 8.85. The van der Waals surface area contributed by atoms with Gasteiger partial charge in [0.05, 0.1) is 6.61 Å². The highest BCUT2D eigenvalue weighted by molar-refractivity contribution is 9.10. The second kappa shape index (κ2) is 5.73. The summed E-state index contributed by atoms with van der Waals surface area (Å²) in [4.78, 5) is 8.83. The molecule has 1 unspecified atom stereocenters. The van der Waals surface area contributed by atoms with Crippen molar-refractivity contribution in [2.75, 3.05) is 18.5 Å². The molecule has 2 rings (SSSR count). The second-order valence-electron chi connectivity index (χ2n) is 5.42. The third-order valence-electron chi connectivity index (χ3n) is 2.81. The normalized spacial score (nSPS) is 21.9. The number of nitrogens with zero attached hydrogens (tertiary/aromatic N) is 2.